The summed E-state index contributed by atoms with van der Waals surface area (Å²) in [6.45, 7) is 6.62. The summed E-state index contributed by atoms with van der Waals surface area (Å²) < 4.78 is 47.5. The number of rotatable bonds is 3. The highest BCUT2D eigenvalue weighted by molar-refractivity contribution is 5.69. The number of alkyl halides is 3. The number of hydrogen-bond acceptors (Lipinski definition) is 6. The lowest BCUT2D eigenvalue weighted by Gasteiger charge is -2.28. The molecule has 7 nitrogen and oxygen atoms in total. The van der Waals surface area contributed by atoms with Crippen molar-refractivity contribution in [2.75, 3.05) is 25.0 Å². The average molecular weight is 412 g/mol. The Labute approximate surface area is 166 Å². The zero-order valence-corrected chi connectivity index (χ0v) is 16.7. The Morgan fingerprint density at radius 2 is 1.90 bits per heavy atom. The Bertz CT molecular complexity index is 859. The normalized spacial score (nSPS) is 17.5. The minimum Gasteiger partial charge on any atom is -0.444 e. The third kappa shape index (κ3) is 4.99. The van der Waals surface area contributed by atoms with E-state index in [4.69, 9.17) is 4.74 Å². The molecule has 0 N–H and O–H groups in total. The lowest BCUT2D eigenvalue weighted by atomic mass is 10.1. The van der Waals surface area contributed by atoms with Crippen molar-refractivity contribution < 1.29 is 27.2 Å². The number of aromatic nitrogens is 2. The van der Waals surface area contributed by atoms with Crippen molar-refractivity contribution in [2.24, 2.45) is 0 Å². The minimum atomic E-state index is -4.67. The molecule has 1 aliphatic heterocycles. The second-order valence-electron chi connectivity index (χ2n) is 7.95. The van der Waals surface area contributed by atoms with Crippen LogP contribution in [0.3, 0.4) is 0 Å². The number of carbonyl (C=O) groups is 1. The summed E-state index contributed by atoms with van der Waals surface area (Å²) in [7, 11) is 1.91. The lowest BCUT2D eigenvalue weighted by molar-refractivity contribution is -0.159. The molecule has 0 saturated carbocycles. The largest absolute Gasteiger partial charge is 0.471 e. The Morgan fingerprint density at radius 1 is 1.24 bits per heavy atom. The van der Waals surface area contributed by atoms with Crippen molar-refractivity contribution in [1.82, 2.24) is 15.0 Å². The molecule has 1 unspecified atom stereocenters. The zero-order valence-electron chi connectivity index (χ0n) is 16.7. The minimum absolute atomic E-state index is 0.107. The third-order valence-corrected chi connectivity index (χ3v) is 4.56. The Kier molecular flexibility index (Phi) is 5.46. The molecule has 158 valence electrons. The molecule has 29 heavy (non-hydrogen) atoms. The van der Waals surface area contributed by atoms with Gasteiger partial charge in [-0.15, -0.1) is 0 Å². The summed E-state index contributed by atoms with van der Waals surface area (Å²) >= 11 is 0. The van der Waals surface area contributed by atoms with Gasteiger partial charge in [0.2, 0.25) is 5.82 Å². The molecule has 1 fully saturated rings. The fourth-order valence-corrected chi connectivity index (χ4v) is 3.06. The molecule has 0 aliphatic carbocycles. The molecule has 1 saturated heterocycles. The van der Waals surface area contributed by atoms with Crippen molar-refractivity contribution in [3.8, 4) is 11.4 Å². The van der Waals surface area contributed by atoms with Gasteiger partial charge in [0.1, 0.15) is 5.60 Å². The number of nitrogens with zero attached hydrogens (tertiary/aromatic N) is 4. The number of anilines is 1. The van der Waals surface area contributed by atoms with Gasteiger partial charge in [0.15, 0.2) is 0 Å². The van der Waals surface area contributed by atoms with Gasteiger partial charge in [-0.2, -0.15) is 18.2 Å². The van der Waals surface area contributed by atoms with E-state index in [1.165, 1.54) is 0 Å². The highest BCUT2D eigenvalue weighted by atomic mass is 19.4. The summed E-state index contributed by atoms with van der Waals surface area (Å²) in [5.41, 5.74) is 0.741. The summed E-state index contributed by atoms with van der Waals surface area (Å²) in [5.74, 6) is -1.50. The van der Waals surface area contributed by atoms with Crippen molar-refractivity contribution in [3.63, 3.8) is 0 Å². The molecule has 1 aliphatic rings. The van der Waals surface area contributed by atoms with Crippen LogP contribution in [-0.2, 0) is 10.9 Å². The summed E-state index contributed by atoms with van der Waals surface area (Å²) in [4.78, 5) is 19.3. The van der Waals surface area contributed by atoms with E-state index in [9.17, 15) is 18.0 Å². The van der Waals surface area contributed by atoms with E-state index in [-0.39, 0.29) is 18.0 Å². The smallest absolute Gasteiger partial charge is 0.444 e. The topological polar surface area (TPSA) is 71.7 Å². The molecule has 2 aromatic rings. The fourth-order valence-electron chi connectivity index (χ4n) is 3.06. The van der Waals surface area contributed by atoms with Crippen LogP contribution in [0.1, 0.15) is 33.1 Å². The maximum atomic E-state index is 12.6. The maximum Gasteiger partial charge on any atom is 0.471 e. The van der Waals surface area contributed by atoms with Crippen LogP contribution in [0.25, 0.3) is 11.4 Å². The van der Waals surface area contributed by atoms with Crippen molar-refractivity contribution in [2.45, 2.75) is 45.0 Å². The van der Waals surface area contributed by atoms with Crippen LogP contribution < -0.4 is 4.90 Å². The number of carbonyl (C=O) groups excluding carboxylic acids is 1. The number of amides is 1. The van der Waals surface area contributed by atoms with E-state index in [1.807, 2.05) is 32.7 Å². The average Bonchev–Trinajstić information content (AvgIpc) is 3.29. The van der Waals surface area contributed by atoms with Crippen molar-refractivity contribution >= 4 is 11.8 Å². The van der Waals surface area contributed by atoms with Gasteiger partial charge in [-0.3, -0.25) is 0 Å². The predicted molar refractivity (Wildman–Crippen MR) is 99.4 cm³/mol. The van der Waals surface area contributed by atoms with Crippen molar-refractivity contribution in [3.05, 3.63) is 30.2 Å². The molecule has 0 radical (unpaired) electrons. The van der Waals surface area contributed by atoms with Crippen LogP contribution in [0.5, 0.6) is 0 Å². The number of halogens is 3. The standard InChI is InChI=1S/C19H23F3N4O3/c1-18(2,3)28-17(27)26-10-9-14(11-26)25(4)13-7-5-12(6-8-13)15-23-16(29-24-15)19(20,21)22/h5-8,14H,9-11H2,1-4H3. The molecule has 0 spiro atoms. The highest BCUT2D eigenvalue weighted by Crippen LogP contribution is 2.30. The molecular weight excluding hydrogens is 389 g/mol. The van der Waals surface area contributed by atoms with Crippen LogP contribution >= 0.6 is 0 Å². The van der Waals surface area contributed by atoms with E-state index >= 15 is 0 Å². The predicted octanol–water partition coefficient (Wildman–Crippen LogP) is 4.20. The Morgan fingerprint density at radius 3 is 2.45 bits per heavy atom. The summed E-state index contributed by atoms with van der Waals surface area (Å²) in [5, 5.41) is 3.39. The van der Waals surface area contributed by atoms with Gasteiger partial charge in [-0.1, -0.05) is 5.16 Å². The zero-order chi connectivity index (χ0) is 21.4. The van der Waals surface area contributed by atoms with Crippen LogP contribution in [0.15, 0.2) is 28.8 Å². The molecule has 0 bridgehead atoms. The third-order valence-electron chi connectivity index (χ3n) is 4.56. The summed E-state index contributed by atoms with van der Waals surface area (Å²) in [6.07, 6.45) is -4.22. The molecule has 3 rings (SSSR count). The van der Waals surface area contributed by atoms with Gasteiger partial charge in [-0.25, -0.2) is 4.79 Å². The molecule has 1 aromatic heterocycles. The van der Waals surface area contributed by atoms with Gasteiger partial charge in [0.25, 0.3) is 0 Å². The van der Waals surface area contributed by atoms with Gasteiger partial charge in [-0.05, 0) is 51.5 Å². The first-order chi connectivity index (χ1) is 13.4. The van der Waals surface area contributed by atoms with Gasteiger partial charge >= 0.3 is 18.2 Å². The molecule has 1 aromatic carbocycles. The van der Waals surface area contributed by atoms with Crippen LogP contribution in [0.2, 0.25) is 0 Å². The lowest BCUT2D eigenvalue weighted by Crippen LogP contribution is -2.39. The quantitative estimate of drug-likeness (QED) is 0.753. The van der Waals surface area contributed by atoms with Crippen LogP contribution in [-0.4, -0.2) is 52.9 Å². The fraction of sp³-hybridized carbons (Fsp3) is 0.526. The first kappa shape index (κ1) is 20.9. The van der Waals surface area contributed by atoms with Crippen LogP contribution in [0.4, 0.5) is 23.7 Å². The van der Waals surface area contributed by atoms with Gasteiger partial charge in [0.05, 0.1) is 0 Å². The molecule has 2 heterocycles. The monoisotopic (exact) mass is 412 g/mol. The second-order valence-corrected chi connectivity index (χ2v) is 7.95. The van der Waals surface area contributed by atoms with Gasteiger partial charge < -0.3 is 19.1 Å². The first-order valence-electron chi connectivity index (χ1n) is 9.16. The van der Waals surface area contributed by atoms with E-state index in [1.54, 1.807) is 29.2 Å². The van der Waals surface area contributed by atoms with E-state index in [0.717, 1.165) is 12.1 Å². The summed E-state index contributed by atoms with van der Waals surface area (Å²) in [6, 6.07) is 6.93. The SMILES string of the molecule is CN(c1ccc(-c2noc(C(F)(F)F)n2)cc1)C1CCN(C(=O)OC(C)(C)C)C1. The first-order valence-corrected chi connectivity index (χ1v) is 9.16. The maximum absolute atomic E-state index is 12.6. The second kappa shape index (κ2) is 7.57. The van der Waals surface area contributed by atoms with E-state index in [0.29, 0.717) is 18.7 Å². The Balaban J connectivity index is 1.64. The van der Waals surface area contributed by atoms with E-state index < -0.39 is 17.7 Å². The highest BCUT2D eigenvalue weighted by Gasteiger charge is 2.38. The molecular formula is C19H23F3N4O3. The van der Waals surface area contributed by atoms with Gasteiger partial charge in [0, 0.05) is 37.4 Å². The molecule has 1 amide bonds. The Hall–Kier alpha value is -2.78. The number of likely N-dealkylation sites (N-methyl/N-ethyl adjacent to an activating group) is 1. The molecule has 1 atom stereocenters. The number of benzene rings is 1. The van der Waals surface area contributed by atoms with E-state index in [2.05, 4.69) is 14.7 Å². The number of hydrogen-bond donors (Lipinski definition) is 0. The molecule has 10 heteroatoms. The van der Waals surface area contributed by atoms with Crippen molar-refractivity contribution in [1.29, 1.82) is 0 Å². The number of ether oxygens (including phenoxy) is 1. The van der Waals surface area contributed by atoms with Crippen LogP contribution in [0, 0.1) is 0 Å². The number of likely N-dealkylation sites (tertiary alicyclic amines) is 1.